The van der Waals surface area contributed by atoms with E-state index in [1.165, 1.54) is 11.3 Å². The van der Waals surface area contributed by atoms with E-state index in [9.17, 15) is 4.79 Å². The fourth-order valence-electron chi connectivity index (χ4n) is 5.10. The molecule has 1 amide bonds. The van der Waals surface area contributed by atoms with Crippen molar-refractivity contribution in [3.63, 3.8) is 0 Å². The molecule has 0 fully saturated rings. The van der Waals surface area contributed by atoms with Gasteiger partial charge in [0.05, 0.1) is 29.0 Å². The van der Waals surface area contributed by atoms with Gasteiger partial charge in [-0.15, -0.1) is 11.3 Å². The predicted octanol–water partition coefficient (Wildman–Crippen LogP) is 6.43. The van der Waals surface area contributed by atoms with E-state index in [2.05, 4.69) is 35.1 Å². The zero-order valence-electron chi connectivity index (χ0n) is 26.3. The second kappa shape index (κ2) is 13.8. The van der Waals surface area contributed by atoms with Crippen LogP contribution in [0.5, 0.6) is 5.88 Å². The van der Waals surface area contributed by atoms with Crippen molar-refractivity contribution in [3.05, 3.63) is 106 Å². The number of hydrogen-bond donors (Lipinski definition) is 2. The molecule has 6 aromatic rings. The van der Waals surface area contributed by atoms with Crippen molar-refractivity contribution < 1.29 is 18.7 Å². The molecule has 0 unspecified atom stereocenters. The SMILES string of the molecule is [C-]#[N+]/C(=C\c1nc2ccc(N(C)CCOC(=O)NCc3ccc(COc4nc(N)nc5c4N=CC5)cc3)cc2o1)c1nc2ccccc2s1. The Bertz CT molecular complexity index is 2240. The number of aliphatic imine (C=N–C) groups is 1. The summed E-state index contributed by atoms with van der Waals surface area (Å²) in [4.78, 5) is 39.7. The van der Waals surface area contributed by atoms with Crippen LogP contribution >= 0.6 is 11.3 Å². The number of alkyl carbamates (subject to hydrolysis) is 1. The Labute approximate surface area is 284 Å². The Hall–Kier alpha value is -6.33. The molecule has 0 bridgehead atoms. The van der Waals surface area contributed by atoms with Gasteiger partial charge in [-0.1, -0.05) is 36.4 Å². The van der Waals surface area contributed by atoms with E-state index >= 15 is 0 Å². The van der Waals surface area contributed by atoms with Crippen molar-refractivity contribution in [2.24, 2.45) is 4.99 Å². The quantitative estimate of drug-likeness (QED) is 0.147. The van der Waals surface area contributed by atoms with Crippen LogP contribution in [0.2, 0.25) is 0 Å². The van der Waals surface area contributed by atoms with Crippen LogP contribution in [0.25, 0.3) is 37.9 Å². The van der Waals surface area contributed by atoms with Crippen LogP contribution in [-0.4, -0.2) is 52.4 Å². The lowest BCUT2D eigenvalue weighted by molar-refractivity contribution is 0.148. The number of amides is 1. The highest BCUT2D eigenvalue weighted by Crippen LogP contribution is 2.33. The lowest BCUT2D eigenvalue weighted by Crippen LogP contribution is -2.28. The van der Waals surface area contributed by atoms with E-state index in [1.807, 2.05) is 78.7 Å². The minimum Gasteiger partial charge on any atom is -0.471 e. The molecular formula is C35H29N9O4S. The van der Waals surface area contributed by atoms with Crippen molar-refractivity contribution >= 4 is 74.1 Å². The number of ether oxygens (including phenoxy) is 2. The Balaban J connectivity index is 0.877. The van der Waals surface area contributed by atoms with E-state index in [-0.39, 0.29) is 19.2 Å². The molecule has 4 heterocycles. The Kier molecular flexibility index (Phi) is 8.81. The smallest absolute Gasteiger partial charge is 0.407 e. The maximum Gasteiger partial charge on any atom is 0.407 e. The highest BCUT2D eigenvalue weighted by atomic mass is 32.1. The van der Waals surface area contributed by atoms with Crippen molar-refractivity contribution in [3.8, 4) is 5.88 Å². The van der Waals surface area contributed by atoms with E-state index in [1.54, 1.807) is 12.3 Å². The zero-order valence-corrected chi connectivity index (χ0v) is 27.1. The van der Waals surface area contributed by atoms with E-state index in [0.717, 1.165) is 32.7 Å². The number of aromatic nitrogens is 4. The maximum absolute atomic E-state index is 12.4. The molecule has 0 spiro atoms. The number of rotatable bonds is 11. The summed E-state index contributed by atoms with van der Waals surface area (Å²) in [5, 5.41) is 3.40. The highest BCUT2D eigenvalue weighted by Gasteiger charge is 2.18. The second-order valence-electron chi connectivity index (χ2n) is 11.0. The Morgan fingerprint density at radius 2 is 1.92 bits per heavy atom. The molecule has 3 N–H and O–H groups in total. The first-order valence-electron chi connectivity index (χ1n) is 15.3. The number of benzene rings is 3. The highest BCUT2D eigenvalue weighted by molar-refractivity contribution is 7.19. The molecule has 1 aliphatic rings. The number of carbonyl (C=O) groups is 1. The molecule has 7 rings (SSSR count). The Morgan fingerprint density at radius 1 is 1.08 bits per heavy atom. The molecule has 1 aliphatic heterocycles. The van der Waals surface area contributed by atoms with E-state index in [0.29, 0.717) is 58.8 Å². The molecule has 49 heavy (non-hydrogen) atoms. The average molecular weight is 672 g/mol. The van der Waals surface area contributed by atoms with Gasteiger partial charge >= 0.3 is 6.09 Å². The number of oxazole rings is 1. The summed E-state index contributed by atoms with van der Waals surface area (Å²) in [6.45, 7) is 8.91. The van der Waals surface area contributed by atoms with Gasteiger partial charge < -0.3 is 29.8 Å². The van der Waals surface area contributed by atoms with Gasteiger partial charge in [-0.2, -0.15) is 4.98 Å². The lowest BCUT2D eigenvalue weighted by Gasteiger charge is -2.19. The maximum atomic E-state index is 12.4. The number of nitrogens with zero attached hydrogens (tertiary/aromatic N) is 7. The van der Waals surface area contributed by atoms with Crippen LogP contribution in [0.4, 0.5) is 22.1 Å². The molecule has 0 aliphatic carbocycles. The van der Waals surface area contributed by atoms with Crippen LogP contribution in [0.1, 0.15) is 27.7 Å². The van der Waals surface area contributed by atoms with Gasteiger partial charge in [-0.05, 0) is 35.4 Å². The standard InChI is InChI=1S/C35H29N9O4S/c1-37-27(33-41-25-5-3-4-6-29(25)49-33)18-30-40-24-12-11-23(17-28(24)48-30)44(2)15-16-46-35(45)39-19-21-7-9-22(10-8-21)20-47-32-31-26(13-14-38-31)42-34(36)43-32/h3-12,14,17-18H,13,15-16,19-20H2,2H3,(H,39,45)(H2,36,42,43)/b27-18-. The fourth-order valence-corrected chi connectivity index (χ4v) is 6.02. The predicted molar refractivity (Wildman–Crippen MR) is 189 cm³/mol. The van der Waals surface area contributed by atoms with Crippen LogP contribution in [0.15, 0.2) is 76.1 Å². The van der Waals surface area contributed by atoms with Crippen molar-refractivity contribution in [2.45, 2.75) is 19.6 Å². The number of anilines is 2. The minimum absolute atomic E-state index is 0.157. The summed E-state index contributed by atoms with van der Waals surface area (Å²) < 4.78 is 18.2. The Morgan fingerprint density at radius 3 is 2.76 bits per heavy atom. The number of likely N-dealkylation sites (N-methyl/N-ethyl adjacent to an activating group) is 1. The van der Waals surface area contributed by atoms with Gasteiger partial charge in [-0.3, -0.25) is 4.99 Å². The van der Waals surface area contributed by atoms with Crippen LogP contribution in [-0.2, 0) is 24.3 Å². The summed E-state index contributed by atoms with van der Waals surface area (Å²) in [5.74, 6) is 0.849. The molecular weight excluding hydrogens is 643 g/mol. The third-order valence-corrected chi connectivity index (χ3v) is 8.72. The van der Waals surface area contributed by atoms with E-state index in [4.69, 9.17) is 26.2 Å². The summed E-state index contributed by atoms with van der Waals surface area (Å²) in [6, 6.07) is 21.1. The van der Waals surface area contributed by atoms with Gasteiger partial charge in [0.25, 0.3) is 0 Å². The minimum atomic E-state index is -0.512. The number of fused-ring (bicyclic) bond motifs is 3. The molecule has 0 saturated carbocycles. The molecule has 0 radical (unpaired) electrons. The number of hydrogen-bond acceptors (Lipinski definition) is 12. The number of nitrogens with one attached hydrogen (secondary N) is 1. The molecule has 3 aromatic heterocycles. The first-order valence-corrected chi connectivity index (χ1v) is 16.1. The van der Waals surface area contributed by atoms with Crippen LogP contribution in [0.3, 0.4) is 0 Å². The summed E-state index contributed by atoms with van der Waals surface area (Å²) in [7, 11) is 1.90. The molecule has 3 aromatic carbocycles. The molecule has 0 saturated heterocycles. The van der Waals surface area contributed by atoms with Crippen molar-refractivity contribution in [1.82, 2.24) is 25.3 Å². The molecule has 0 atom stereocenters. The van der Waals surface area contributed by atoms with Crippen molar-refractivity contribution in [2.75, 3.05) is 30.8 Å². The zero-order chi connectivity index (χ0) is 33.7. The third-order valence-electron chi connectivity index (χ3n) is 7.66. The molecule has 244 valence electrons. The number of carbonyl (C=O) groups excluding carboxylic acids is 1. The van der Waals surface area contributed by atoms with Crippen LogP contribution < -0.4 is 20.7 Å². The molecule has 14 heteroatoms. The topological polar surface area (TPSA) is 158 Å². The number of nitrogens with two attached hydrogens (primary N) is 1. The monoisotopic (exact) mass is 671 g/mol. The number of para-hydroxylation sites is 1. The first kappa shape index (κ1) is 31.3. The third kappa shape index (κ3) is 7.16. The number of thiazole rings is 1. The van der Waals surface area contributed by atoms with Gasteiger partial charge in [0, 0.05) is 44.1 Å². The summed E-state index contributed by atoms with van der Waals surface area (Å²) in [6.07, 6.45) is 3.47. The van der Waals surface area contributed by atoms with Gasteiger partial charge in [0.15, 0.2) is 5.58 Å². The van der Waals surface area contributed by atoms with E-state index < -0.39 is 6.09 Å². The fraction of sp³-hybridized carbons (Fsp3) is 0.171. The van der Waals surface area contributed by atoms with Gasteiger partial charge in [-0.25, -0.2) is 24.6 Å². The van der Waals surface area contributed by atoms with Gasteiger partial charge in [0.1, 0.15) is 29.4 Å². The average Bonchev–Trinajstić information content (AvgIpc) is 3.86. The van der Waals surface area contributed by atoms with Crippen molar-refractivity contribution in [1.29, 1.82) is 0 Å². The van der Waals surface area contributed by atoms with Crippen LogP contribution in [0, 0.1) is 6.57 Å². The van der Waals surface area contributed by atoms with Gasteiger partial charge in [0.2, 0.25) is 23.4 Å². The normalized spacial score (nSPS) is 12.2. The largest absolute Gasteiger partial charge is 0.471 e. The second-order valence-corrected chi connectivity index (χ2v) is 12.1. The summed E-state index contributed by atoms with van der Waals surface area (Å²) >= 11 is 1.45. The number of nitrogen functional groups attached to an aromatic ring is 1. The summed E-state index contributed by atoms with van der Waals surface area (Å²) in [5.41, 5.74) is 12.3. The molecule has 13 nitrogen and oxygen atoms in total. The lowest BCUT2D eigenvalue weighted by atomic mass is 10.1. The first-order chi connectivity index (χ1) is 23.9.